The van der Waals surface area contributed by atoms with Crippen molar-refractivity contribution >= 4 is 24.6 Å². The first-order valence-corrected chi connectivity index (χ1v) is 18.0. The number of likely N-dealkylation sites (N-methyl/N-ethyl adjacent to an activating group) is 1. The summed E-state index contributed by atoms with van der Waals surface area (Å²) >= 11 is 0. The zero-order chi connectivity index (χ0) is 32.5. The maximum atomic E-state index is 14.2. The standard InChI is InChI=1S/C40H49NO3Si/c1-6-19-34(39(43)41(5)37(32-20-11-7-12-21-32)38(42)33-22-13-8-14-23-33)30-31(2)28-29-40(3,4)45(44,35-24-15-9-16-25-35)36-26-17-10-18-27-36/h6-18,20-27,31,34,37-38,42,44H,1,19,28-30H2,2-5H3/t31-,34-,37+,38+/m0/s1. The van der Waals surface area contributed by atoms with Crippen molar-refractivity contribution in [2.24, 2.45) is 11.8 Å². The van der Waals surface area contributed by atoms with Crippen LogP contribution in [0.2, 0.25) is 5.04 Å². The van der Waals surface area contributed by atoms with Gasteiger partial charge in [-0.25, -0.2) is 0 Å². The third-order valence-corrected chi connectivity index (χ3v) is 14.0. The van der Waals surface area contributed by atoms with Crippen LogP contribution in [0.25, 0.3) is 0 Å². The number of hydrogen-bond acceptors (Lipinski definition) is 3. The van der Waals surface area contributed by atoms with E-state index in [9.17, 15) is 14.7 Å². The number of benzene rings is 4. The molecule has 0 saturated heterocycles. The molecule has 4 nitrogen and oxygen atoms in total. The number of carbonyl (C=O) groups is 1. The van der Waals surface area contributed by atoms with Crippen LogP contribution in [-0.2, 0) is 4.79 Å². The number of rotatable bonds is 15. The van der Waals surface area contributed by atoms with Gasteiger partial charge in [-0.3, -0.25) is 4.79 Å². The first kappa shape index (κ1) is 34.1. The second kappa shape index (κ2) is 15.5. The number of aliphatic hydroxyl groups excluding tert-OH is 1. The molecule has 0 aliphatic heterocycles. The Balaban J connectivity index is 1.53. The predicted octanol–water partition coefficient (Wildman–Crippen LogP) is 7.45. The number of aliphatic hydroxyl groups is 1. The van der Waals surface area contributed by atoms with Gasteiger partial charge in [-0.15, -0.1) is 6.58 Å². The Morgan fingerprint density at radius 3 is 1.73 bits per heavy atom. The van der Waals surface area contributed by atoms with Crippen LogP contribution in [0.15, 0.2) is 134 Å². The summed E-state index contributed by atoms with van der Waals surface area (Å²) in [7, 11) is -1.30. The fourth-order valence-electron chi connectivity index (χ4n) is 6.72. The molecule has 2 N–H and O–H groups in total. The van der Waals surface area contributed by atoms with E-state index in [-0.39, 0.29) is 22.8 Å². The Morgan fingerprint density at radius 2 is 1.27 bits per heavy atom. The van der Waals surface area contributed by atoms with Crippen LogP contribution >= 0.6 is 0 Å². The molecule has 0 spiro atoms. The molecule has 45 heavy (non-hydrogen) atoms. The molecule has 0 aromatic heterocycles. The van der Waals surface area contributed by atoms with E-state index >= 15 is 0 Å². The second-order valence-electron chi connectivity index (χ2n) is 13.1. The van der Waals surface area contributed by atoms with E-state index in [1.807, 2.05) is 110 Å². The number of nitrogens with zero attached hydrogens (tertiary/aromatic N) is 1. The van der Waals surface area contributed by atoms with E-state index in [1.165, 1.54) is 0 Å². The molecule has 4 atom stereocenters. The van der Waals surface area contributed by atoms with Crippen molar-refractivity contribution in [3.05, 3.63) is 145 Å². The average Bonchev–Trinajstić information content (AvgIpc) is 3.08. The Bertz CT molecular complexity index is 1440. The average molecular weight is 620 g/mol. The quantitative estimate of drug-likeness (QED) is 0.107. The first-order chi connectivity index (χ1) is 21.6. The highest BCUT2D eigenvalue weighted by molar-refractivity contribution is 6.98. The molecule has 4 aromatic rings. The van der Waals surface area contributed by atoms with E-state index in [4.69, 9.17) is 0 Å². The van der Waals surface area contributed by atoms with Crippen LogP contribution in [0.4, 0.5) is 0 Å². The first-order valence-electron chi connectivity index (χ1n) is 16.1. The molecular formula is C40H49NO3Si. The molecule has 0 aliphatic carbocycles. The number of amides is 1. The van der Waals surface area contributed by atoms with Gasteiger partial charge >= 0.3 is 0 Å². The smallest absolute Gasteiger partial charge is 0.258 e. The van der Waals surface area contributed by atoms with Crippen molar-refractivity contribution < 1.29 is 14.7 Å². The van der Waals surface area contributed by atoms with Crippen LogP contribution in [0.3, 0.4) is 0 Å². The van der Waals surface area contributed by atoms with Crippen molar-refractivity contribution in [2.45, 2.75) is 63.6 Å². The lowest BCUT2D eigenvalue weighted by Crippen LogP contribution is -2.65. The number of hydrogen-bond donors (Lipinski definition) is 2. The van der Waals surface area contributed by atoms with Gasteiger partial charge in [-0.1, -0.05) is 155 Å². The molecule has 0 radical (unpaired) electrons. The van der Waals surface area contributed by atoms with E-state index in [0.717, 1.165) is 34.3 Å². The summed E-state index contributed by atoms with van der Waals surface area (Å²) in [6.45, 7) is 10.6. The molecule has 0 bridgehead atoms. The van der Waals surface area contributed by atoms with Gasteiger partial charge in [0.1, 0.15) is 6.10 Å². The molecule has 0 saturated carbocycles. The van der Waals surface area contributed by atoms with Gasteiger partial charge in [0.2, 0.25) is 5.91 Å². The molecule has 1 amide bonds. The van der Waals surface area contributed by atoms with Gasteiger partial charge < -0.3 is 14.8 Å². The van der Waals surface area contributed by atoms with E-state index in [1.54, 1.807) is 4.90 Å². The lowest BCUT2D eigenvalue weighted by atomic mass is 9.86. The monoisotopic (exact) mass is 619 g/mol. The van der Waals surface area contributed by atoms with E-state index < -0.39 is 20.5 Å². The molecule has 0 fully saturated rings. The molecule has 4 rings (SSSR count). The summed E-state index contributed by atoms with van der Waals surface area (Å²) in [5.74, 6) is -0.0194. The van der Waals surface area contributed by atoms with Crippen molar-refractivity contribution in [1.29, 1.82) is 0 Å². The van der Waals surface area contributed by atoms with Crippen molar-refractivity contribution in [3.63, 3.8) is 0 Å². The maximum absolute atomic E-state index is 14.2. The largest absolute Gasteiger partial charge is 0.424 e. The Kier molecular flexibility index (Phi) is 11.7. The van der Waals surface area contributed by atoms with Crippen molar-refractivity contribution in [3.8, 4) is 0 Å². The Labute approximate surface area is 271 Å². The number of allylic oxidation sites excluding steroid dienone is 1. The van der Waals surface area contributed by atoms with Crippen LogP contribution in [-0.4, -0.2) is 36.1 Å². The van der Waals surface area contributed by atoms with E-state index in [2.05, 4.69) is 51.6 Å². The minimum atomic E-state index is -3.11. The lowest BCUT2D eigenvalue weighted by Gasteiger charge is -2.42. The highest BCUT2D eigenvalue weighted by atomic mass is 28.4. The van der Waals surface area contributed by atoms with Crippen LogP contribution in [0, 0.1) is 11.8 Å². The zero-order valence-electron chi connectivity index (χ0n) is 27.2. The molecular weight excluding hydrogens is 571 g/mol. The normalized spacial score (nSPS) is 14.6. The Morgan fingerprint density at radius 1 is 0.822 bits per heavy atom. The fourth-order valence-corrected chi connectivity index (χ4v) is 10.5. The summed E-state index contributed by atoms with van der Waals surface area (Å²) in [5, 5.41) is 13.2. The minimum Gasteiger partial charge on any atom is -0.424 e. The minimum absolute atomic E-state index is 0.00398. The van der Waals surface area contributed by atoms with Crippen LogP contribution < -0.4 is 10.4 Å². The van der Waals surface area contributed by atoms with Crippen LogP contribution in [0.1, 0.15) is 69.7 Å². The Hall–Kier alpha value is -3.77. The predicted molar refractivity (Wildman–Crippen MR) is 189 cm³/mol. The van der Waals surface area contributed by atoms with Crippen molar-refractivity contribution in [1.82, 2.24) is 4.90 Å². The highest BCUT2D eigenvalue weighted by Gasteiger charge is 2.49. The third-order valence-electron chi connectivity index (χ3n) is 9.46. The second-order valence-corrected chi connectivity index (χ2v) is 17.0. The maximum Gasteiger partial charge on any atom is 0.258 e. The van der Waals surface area contributed by atoms with Gasteiger partial charge in [0.15, 0.2) is 0 Å². The summed E-state index contributed by atoms with van der Waals surface area (Å²) in [6, 6.07) is 39.1. The topological polar surface area (TPSA) is 60.8 Å². The zero-order valence-corrected chi connectivity index (χ0v) is 28.2. The van der Waals surface area contributed by atoms with Gasteiger partial charge in [0.05, 0.1) is 6.04 Å². The highest BCUT2D eigenvalue weighted by Crippen LogP contribution is 2.42. The SMILES string of the molecule is C=CC[C@@H](C[C@@H](C)CCC(C)(C)[Si](O)(c1ccccc1)c1ccccc1)C(=O)N(C)[C@H](c1ccccc1)[C@H](O)c1ccccc1. The van der Waals surface area contributed by atoms with Crippen LogP contribution in [0.5, 0.6) is 0 Å². The van der Waals surface area contributed by atoms with E-state index in [0.29, 0.717) is 12.8 Å². The molecule has 5 heteroatoms. The third kappa shape index (κ3) is 7.91. The summed E-state index contributed by atoms with van der Waals surface area (Å²) in [4.78, 5) is 28.5. The van der Waals surface area contributed by atoms with Gasteiger partial charge in [-0.05, 0) is 51.7 Å². The molecule has 4 aromatic carbocycles. The summed E-state index contributed by atoms with van der Waals surface area (Å²) < 4.78 is 0. The lowest BCUT2D eigenvalue weighted by molar-refractivity contribution is -0.139. The van der Waals surface area contributed by atoms with Gasteiger partial charge in [0.25, 0.3) is 8.32 Å². The van der Waals surface area contributed by atoms with Crippen molar-refractivity contribution in [2.75, 3.05) is 7.05 Å². The number of carbonyl (C=O) groups excluding carboxylic acids is 1. The van der Waals surface area contributed by atoms with Gasteiger partial charge in [0, 0.05) is 13.0 Å². The molecule has 0 unspecified atom stereocenters. The van der Waals surface area contributed by atoms with Gasteiger partial charge in [-0.2, -0.15) is 0 Å². The summed E-state index contributed by atoms with van der Waals surface area (Å²) in [5.41, 5.74) is 1.67. The molecule has 0 aliphatic rings. The molecule has 0 heterocycles. The molecule has 236 valence electrons. The summed E-state index contributed by atoms with van der Waals surface area (Å²) in [6.07, 6.45) is 3.92. The fraction of sp³-hybridized carbons (Fsp3) is 0.325.